The van der Waals surface area contributed by atoms with Crippen LogP contribution in [0.1, 0.15) is 23.2 Å². The van der Waals surface area contributed by atoms with Crippen LogP contribution in [0.3, 0.4) is 0 Å². The first-order valence-corrected chi connectivity index (χ1v) is 6.30. The fourth-order valence-corrected chi connectivity index (χ4v) is 2.11. The summed E-state index contributed by atoms with van der Waals surface area (Å²) in [5.74, 6) is -0.595. The molecule has 1 heterocycles. The fourth-order valence-electron chi connectivity index (χ4n) is 1.89. The van der Waals surface area contributed by atoms with E-state index < -0.39 is 11.8 Å². The van der Waals surface area contributed by atoms with Crippen molar-refractivity contribution >= 4 is 23.4 Å². The number of ether oxygens (including phenoxy) is 1. The summed E-state index contributed by atoms with van der Waals surface area (Å²) in [6.45, 7) is 3.55. The number of nitrogen functional groups attached to an aromatic ring is 1. The highest BCUT2D eigenvalue weighted by molar-refractivity contribution is 6.30. The normalized spacial score (nSPS) is 10.6. The van der Waals surface area contributed by atoms with Crippen molar-refractivity contribution in [2.24, 2.45) is 0 Å². The molecule has 1 aromatic carbocycles. The molecule has 2 N–H and O–H groups in total. The number of hydrogen-bond acceptors (Lipinski definition) is 4. The van der Waals surface area contributed by atoms with Crippen LogP contribution < -0.4 is 5.73 Å². The van der Waals surface area contributed by atoms with E-state index in [0.29, 0.717) is 11.5 Å². The molecule has 0 aliphatic carbocycles. The minimum Gasteiger partial charge on any atom is -0.461 e. The number of halogens is 2. The minimum absolute atomic E-state index is 0.00438. The van der Waals surface area contributed by atoms with Crippen molar-refractivity contribution in [3.8, 4) is 5.69 Å². The van der Waals surface area contributed by atoms with Crippen LogP contribution in [0, 0.1) is 12.7 Å². The van der Waals surface area contributed by atoms with Gasteiger partial charge in [0.1, 0.15) is 17.5 Å². The van der Waals surface area contributed by atoms with Crippen molar-refractivity contribution in [2.45, 2.75) is 13.8 Å². The first-order valence-electron chi connectivity index (χ1n) is 5.92. The molecule has 0 aliphatic rings. The smallest absolute Gasteiger partial charge is 0.360 e. The van der Waals surface area contributed by atoms with Gasteiger partial charge in [-0.25, -0.2) is 14.2 Å². The van der Waals surface area contributed by atoms with Gasteiger partial charge in [0, 0.05) is 5.02 Å². The van der Waals surface area contributed by atoms with Gasteiger partial charge in [-0.15, -0.1) is 0 Å². The molecular formula is C13H13ClFN3O2. The van der Waals surface area contributed by atoms with Crippen molar-refractivity contribution < 1.29 is 13.9 Å². The number of hydrogen-bond donors (Lipinski definition) is 1. The van der Waals surface area contributed by atoms with Crippen molar-refractivity contribution in [1.29, 1.82) is 0 Å². The second-order valence-corrected chi connectivity index (χ2v) is 4.51. The van der Waals surface area contributed by atoms with Crippen LogP contribution in [-0.2, 0) is 4.74 Å². The third kappa shape index (κ3) is 2.60. The van der Waals surface area contributed by atoms with Crippen LogP contribution in [0.15, 0.2) is 18.2 Å². The van der Waals surface area contributed by atoms with Gasteiger partial charge in [0.25, 0.3) is 0 Å². The third-order valence-corrected chi connectivity index (χ3v) is 2.87. The minimum atomic E-state index is -0.616. The van der Waals surface area contributed by atoms with Crippen molar-refractivity contribution in [3.63, 3.8) is 0 Å². The van der Waals surface area contributed by atoms with Crippen molar-refractivity contribution in [2.75, 3.05) is 12.3 Å². The summed E-state index contributed by atoms with van der Waals surface area (Å²) in [6.07, 6.45) is 0. The Morgan fingerprint density at radius 3 is 2.80 bits per heavy atom. The Morgan fingerprint density at radius 1 is 1.50 bits per heavy atom. The molecule has 0 aliphatic heterocycles. The lowest BCUT2D eigenvalue weighted by Crippen LogP contribution is -2.09. The number of nitrogens with two attached hydrogens (primary N) is 1. The van der Waals surface area contributed by atoms with Crippen LogP contribution >= 0.6 is 11.6 Å². The largest absolute Gasteiger partial charge is 0.461 e. The zero-order chi connectivity index (χ0) is 14.9. The Labute approximate surface area is 120 Å². The molecule has 2 aromatic rings. The Balaban J connectivity index is 2.55. The standard InChI is InChI=1S/C13H13ClFN3O2/c1-3-20-13(19)11-12(16)18(7(2)17-11)10-5-8(14)4-9(15)6-10/h4-6H,3,16H2,1-2H3. The highest BCUT2D eigenvalue weighted by atomic mass is 35.5. The number of esters is 1. The van der Waals surface area contributed by atoms with E-state index >= 15 is 0 Å². The first-order chi connectivity index (χ1) is 9.43. The first kappa shape index (κ1) is 14.3. The van der Waals surface area contributed by atoms with Crippen molar-refractivity contribution in [3.05, 3.63) is 40.6 Å². The van der Waals surface area contributed by atoms with E-state index in [1.807, 2.05) is 0 Å². The molecule has 106 valence electrons. The number of anilines is 1. The molecule has 7 heteroatoms. The second-order valence-electron chi connectivity index (χ2n) is 4.08. The van der Waals surface area contributed by atoms with Gasteiger partial charge in [0.2, 0.25) is 0 Å². The van der Waals surface area contributed by atoms with E-state index in [9.17, 15) is 9.18 Å². The third-order valence-electron chi connectivity index (χ3n) is 2.66. The number of aryl methyl sites for hydroxylation is 1. The summed E-state index contributed by atoms with van der Waals surface area (Å²) in [7, 11) is 0. The molecule has 0 fully saturated rings. The summed E-state index contributed by atoms with van der Waals surface area (Å²) in [5.41, 5.74) is 6.30. The SMILES string of the molecule is CCOC(=O)c1nc(C)n(-c2cc(F)cc(Cl)c2)c1N. The monoisotopic (exact) mass is 297 g/mol. The summed E-state index contributed by atoms with van der Waals surface area (Å²) in [5, 5.41) is 0.227. The molecular weight excluding hydrogens is 285 g/mol. The molecule has 0 saturated carbocycles. The van der Waals surface area contributed by atoms with Gasteiger partial charge in [-0.1, -0.05) is 11.6 Å². The number of carbonyl (C=O) groups excluding carboxylic acids is 1. The van der Waals surface area contributed by atoms with Crippen LogP contribution in [0.2, 0.25) is 5.02 Å². The van der Waals surface area contributed by atoms with Gasteiger partial charge in [0.15, 0.2) is 5.69 Å². The molecule has 0 bridgehead atoms. The molecule has 2 rings (SSSR count). The summed E-state index contributed by atoms with van der Waals surface area (Å²) in [6, 6.07) is 3.97. The Morgan fingerprint density at radius 2 is 2.20 bits per heavy atom. The number of rotatable bonds is 3. The molecule has 0 unspecified atom stereocenters. The van der Waals surface area contributed by atoms with Gasteiger partial charge < -0.3 is 10.5 Å². The highest BCUT2D eigenvalue weighted by Gasteiger charge is 2.21. The quantitative estimate of drug-likeness (QED) is 0.884. The van der Waals surface area contributed by atoms with Gasteiger partial charge in [-0.05, 0) is 32.0 Å². The lowest BCUT2D eigenvalue weighted by atomic mass is 10.3. The summed E-state index contributed by atoms with van der Waals surface area (Å²) >= 11 is 5.82. The average molecular weight is 298 g/mol. The maximum Gasteiger partial charge on any atom is 0.360 e. The van der Waals surface area contributed by atoms with Crippen LogP contribution in [-0.4, -0.2) is 22.1 Å². The molecule has 0 spiro atoms. The zero-order valence-corrected chi connectivity index (χ0v) is 11.7. The Hall–Kier alpha value is -2.08. The molecule has 0 amide bonds. The van der Waals surface area contributed by atoms with Crippen LogP contribution in [0.4, 0.5) is 10.2 Å². The maximum atomic E-state index is 13.4. The lowest BCUT2D eigenvalue weighted by molar-refractivity contribution is 0.0521. The van der Waals surface area contributed by atoms with Gasteiger partial charge in [0.05, 0.1) is 12.3 Å². The summed E-state index contributed by atoms with van der Waals surface area (Å²) < 4.78 is 19.7. The summed E-state index contributed by atoms with van der Waals surface area (Å²) in [4.78, 5) is 15.8. The van der Waals surface area contributed by atoms with E-state index in [1.54, 1.807) is 13.8 Å². The topological polar surface area (TPSA) is 70.1 Å². The van der Waals surface area contributed by atoms with E-state index in [2.05, 4.69) is 4.98 Å². The van der Waals surface area contributed by atoms with Gasteiger partial charge >= 0.3 is 5.97 Å². The van der Waals surface area contributed by atoms with Crippen LogP contribution in [0.5, 0.6) is 0 Å². The molecule has 5 nitrogen and oxygen atoms in total. The molecule has 0 atom stereocenters. The number of aromatic nitrogens is 2. The number of imidazole rings is 1. The molecule has 0 saturated heterocycles. The maximum absolute atomic E-state index is 13.4. The highest BCUT2D eigenvalue weighted by Crippen LogP contribution is 2.24. The molecule has 20 heavy (non-hydrogen) atoms. The predicted molar refractivity (Wildman–Crippen MR) is 73.6 cm³/mol. The molecule has 1 aromatic heterocycles. The van der Waals surface area contributed by atoms with E-state index in [1.165, 1.54) is 22.8 Å². The van der Waals surface area contributed by atoms with Crippen molar-refractivity contribution in [1.82, 2.24) is 9.55 Å². The fraction of sp³-hybridized carbons (Fsp3) is 0.231. The lowest BCUT2D eigenvalue weighted by Gasteiger charge is -2.08. The predicted octanol–water partition coefficient (Wildman–Crippen LogP) is 2.73. The number of nitrogens with zero attached hydrogens (tertiary/aromatic N) is 2. The number of carbonyl (C=O) groups is 1. The number of benzene rings is 1. The zero-order valence-electron chi connectivity index (χ0n) is 11.0. The van der Waals surface area contributed by atoms with E-state index in [0.717, 1.165) is 0 Å². The van der Waals surface area contributed by atoms with E-state index in [-0.39, 0.29) is 23.1 Å². The van der Waals surface area contributed by atoms with Crippen LogP contribution in [0.25, 0.3) is 5.69 Å². The Kier molecular flexibility index (Phi) is 3.94. The van der Waals surface area contributed by atoms with E-state index in [4.69, 9.17) is 22.1 Å². The van der Waals surface area contributed by atoms with Gasteiger partial charge in [-0.3, -0.25) is 4.57 Å². The Bertz CT molecular complexity index is 650. The van der Waals surface area contributed by atoms with Gasteiger partial charge in [-0.2, -0.15) is 0 Å². The second kappa shape index (κ2) is 5.50. The average Bonchev–Trinajstić information content (AvgIpc) is 2.64. The molecule has 0 radical (unpaired) electrons.